The molecule has 0 spiro atoms. The van der Waals surface area contributed by atoms with Crippen LogP contribution in [0.3, 0.4) is 0 Å². The highest BCUT2D eigenvalue weighted by Crippen LogP contribution is 2.30. The van der Waals surface area contributed by atoms with Gasteiger partial charge in [0.1, 0.15) is 0 Å². The number of amides is 1. The minimum atomic E-state index is 0.797. The van der Waals surface area contributed by atoms with E-state index < -0.39 is 0 Å². The molecule has 1 aliphatic rings. The lowest BCUT2D eigenvalue weighted by Gasteiger charge is -2.24. The smallest absolute Gasteiger partial charge is 0.207 e. The first-order chi connectivity index (χ1) is 7.83. The first-order valence-electron chi connectivity index (χ1n) is 7.00. The second kappa shape index (κ2) is 8.60. The molecule has 0 aromatic rings. The molecule has 1 N–H and O–H groups in total. The Balaban J connectivity index is 1.96. The third-order valence-electron chi connectivity index (χ3n) is 3.81. The van der Waals surface area contributed by atoms with Crippen LogP contribution in [0.5, 0.6) is 0 Å². The fourth-order valence-electron chi connectivity index (χ4n) is 2.89. The molecule has 1 fully saturated rings. The number of carbonyl (C=O) groups is 1. The predicted molar refractivity (Wildman–Crippen MR) is 68.3 cm³/mol. The van der Waals surface area contributed by atoms with Crippen molar-refractivity contribution < 1.29 is 4.79 Å². The molecule has 1 amide bonds. The van der Waals surface area contributed by atoms with Crippen LogP contribution in [0.25, 0.3) is 0 Å². The third kappa shape index (κ3) is 6.14. The largest absolute Gasteiger partial charge is 0.359 e. The van der Waals surface area contributed by atoms with Crippen LogP contribution in [-0.4, -0.2) is 13.0 Å². The first-order valence-corrected chi connectivity index (χ1v) is 7.00. The maximum Gasteiger partial charge on any atom is 0.207 e. The number of rotatable bonds is 8. The molecule has 16 heavy (non-hydrogen) atoms. The van der Waals surface area contributed by atoms with Crippen molar-refractivity contribution in [1.29, 1.82) is 0 Å². The zero-order valence-corrected chi connectivity index (χ0v) is 10.7. The Kier molecular flexibility index (Phi) is 7.28. The SMILES string of the molecule is CC(CCCCNC=O)CC1CCCCC1. The topological polar surface area (TPSA) is 29.1 Å². The lowest BCUT2D eigenvalue weighted by molar-refractivity contribution is -0.109. The van der Waals surface area contributed by atoms with Gasteiger partial charge in [-0.1, -0.05) is 51.9 Å². The van der Waals surface area contributed by atoms with Gasteiger partial charge in [0, 0.05) is 6.54 Å². The van der Waals surface area contributed by atoms with Crippen molar-refractivity contribution in [2.24, 2.45) is 11.8 Å². The Hall–Kier alpha value is -0.530. The van der Waals surface area contributed by atoms with Gasteiger partial charge in [0.15, 0.2) is 0 Å². The predicted octanol–water partition coefficient (Wildman–Crippen LogP) is 3.51. The molecule has 0 radical (unpaired) electrons. The molecular formula is C14H27NO. The van der Waals surface area contributed by atoms with Gasteiger partial charge < -0.3 is 5.32 Å². The van der Waals surface area contributed by atoms with Crippen LogP contribution in [0, 0.1) is 11.8 Å². The van der Waals surface area contributed by atoms with Crippen molar-refractivity contribution in [3.05, 3.63) is 0 Å². The lowest BCUT2D eigenvalue weighted by Crippen LogP contribution is -2.13. The normalized spacial score (nSPS) is 19.3. The van der Waals surface area contributed by atoms with Gasteiger partial charge in [-0.05, 0) is 24.7 Å². The molecule has 0 aromatic heterocycles. The molecule has 0 aliphatic heterocycles. The Morgan fingerprint density at radius 3 is 2.69 bits per heavy atom. The van der Waals surface area contributed by atoms with E-state index in [-0.39, 0.29) is 0 Å². The molecule has 94 valence electrons. The van der Waals surface area contributed by atoms with Gasteiger partial charge in [-0.15, -0.1) is 0 Å². The highest BCUT2D eigenvalue weighted by Gasteiger charge is 2.15. The summed E-state index contributed by atoms with van der Waals surface area (Å²) in [5.41, 5.74) is 0. The summed E-state index contributed by atoms with van der Waals surface area (Å²) in [7, 11) is 0. The van der Waals surface area contributed by atoms with Crippen molar-refractivity contribution in [3.8, 4) is 0 Å². The second-order valence-corrected chi connectivity index (χ2v) is 5.41. The van der Waals surface area contributed by atoms with Crippen LogP contribution in [-0.2, 0) is 4.79 Å². The quantitative estimate of drug-likeness (QED) is 0.497. The minimum absolute atomic E-state index is 0.797. The Labute approximate surface area is 100 Å². The summed E-state index contributed by atoms with van der Waals surface area (Å²) < 4.78 is 0. The van der Waals surface area contributed by atoms with Crippen molar-refractivity contribution >= 4 is 6.41 Å². The standard InChI is InChI=1S/C14H27NO/c1-13(7-5-6-10-15-12-16)11-14-8-3-2-4-9-14/h12-14H,2-11H2,1H3,(H,15,16). The molecule has 1 atom stereocenters. The van der Waals surface area contributed by atoms with Gasteiger partial charge in [0.25, 0.3) is 0 Å². The van der Waals surface area contributed by atoms with E-state index in [0.717, 1.165) is 31.2 Å². The van der Waals surface area contributed by atoms with Crippen molar-refractivity contribution in [1.82, 2.24) is 5.32 Å². The molecular weight excluding hydrogens is 198 g/mol. The molecule has 1 aliphatic carbocycles. The molecule has 1 saturated carbocycles. The number of carbonyl (C=O) groups excluding carboxylic acids is 1. The maximum absolute atomic E-state index is 10.1. The van der Waals surface area contributed by atoms with E-state index in [1.54, 1.807) is 0 Å². The molecule has 0 heterocycles. The zero-order valence-electron chi connectivity index (χ0n) is 10.7. The van der Waals surface area contributed by atoms with E-state index in [1.807, 2.05) is 0 Å². The van der Waals surface area contributed by atoms with E-state index in [0.29, 0.717) is 0 Å². The number of unbranched alkanes of at least 4 members (excludes halogenated alkanes) is 1. The van der Waals surface area contributed by atoms with E-state index in [4.69, 9.17) is 0 Å². The Morgan fingerprint density at radius 2 is 2.00 bits per heavy atom. The van der Waals surface area contributed by atoms with E-state index in [1.165, 1.54) is 51.4 Å². The maximum atomic E-state index is 10.1. The van der Waals surface area contributed by atoms with Crippen molar-refractivity contribution in [2.75, 3.05) is 6.54 Å². The average Bonchev–Trinajstić information content (AvgIpc) is 2.30. The molecule has 2 heteroatoms. The van der Waals surface area contributed by atoms with E-state index >= 15 is 0 Å². The van der Waals surface area contributed by atoms with E-state index in [2.05, 4.69) is 12.2 Å². The number of hydrogen-bond donors (Lipinski definition) is 1. The molecule has 1 unspecified atom stereocenters. The summed E-state index contributed by atoms with van der Waals surface area (Å²) in [6.45, 7) is 3.24. The summed E-state index contributed by atoms with van der Waals surface area (Å²) in [6.07, 6.45) is 13.3. The monoisotopic (exact) mass is 225 g/mol. The summed E-state index contributed by atoms with van der Waals surface area (Å²) >= 11 is 0. The summed E-state index contributed by atoms with van der Waals surface area (Å²) in [6, 6.07) is 0. The Bertz CT molecular complexity index is 176. The summed E-state index contributed by atoms with van der Waals surface area (Å²) in [5.74, 6) is 1.89. The second-order valence-electron chi connectivity index (χ2n) is 5.41. The van der Waals surface area contributed by atoms with Gasteiger partial charge in [0.2, 0.25) is 6.41 Å². The lowest BCUT2D eigenvalue weighted by atomic mass is 9.82. The average molecular weight is 225 g/mol. The van der Waals surface area contributed by atoms with Gasteiger partial charge >= 0.3 is 0 Å². The number of nitrogens with one attached hydrogen (secondary N) is 1. The summed E-state index contributed by atoms with van der Waals surface area (Å²) in [4.78, 5) is 10.1. The highest BCUT2D eigenvalue weighted by atomic mass is 16.1. The van der Waals surface area contributed by atoms with Gasteiger partial charge in [-0.25, -0.2) is 0 Å². The van der Waals surface area contributed by atoms with Crippen LogP contribution >= 0.6 is 0 Å². The Morgan fingerprint density at radius 1 is 1.25 bits per heavy atom. The van der Waals surface area contributed by atoms with Crippen LogP contribution in [0.15, 0.2) is 0 Å². The molecule has 0 aromatic carbocycles. The van der Waals surface area contributed by atoms with E-state index in [9.17, 15) is 4.79 Å². The van der Waals surface area contributed by atoms with Crippen LogP contribution in [0.4, 0.5) is 0 Å². The summed E-state index contributed by atoms with van der Waals surface area (Å²) in [5, 5.41) is 2.72. The van der Waals surface area contributed by atoms with Gasteiger partial charge in [0.05, 0.1) is 0 Å². The molecule has 2 nitrogen and oxygen atoms in total. The van der Waals surface area contributed by atoms with Crippen LogP contribution in [0.1, 0.15) is 64.7 Å². The first kappa shape index (κ1) is 13.5. The molecule has 0 saturated heterocycles. The van der Waals surface area contributed by atoms with Crippen molar-refractivity contribution in [2.45, 2.75) is 64.7 Å². The molecule has 0 bridgehead atoms. The van der Waals surface area contributed by atoms with Crippen LogP contribution < -0.4 is 5.32 Å². The fourth-order valence-corrected chi connectivity index (χ4v) is 2.89. The fraction of sp³-hybridized carbons (Fsp3) is 0.929. The third-order valence-corrected chi connectivity index (χ3v) is 3.81. The van der Waals surface area contributed by atoms with Crippen molar-refractivity contribution in [3.63, 3.8) is 0 Å². The minimum Gasteiger partial charge on any atom is -0.359 e. The zero-order chi connectivity index (χ0) is 11.6. The number of hydrogen-bond acceptors (Lipinski definition) is 1. The highest BCUT2D eigenvalue weighted by molar-refractivity contribution is 5.45. The molecule has 1 rings (SSSR count). The van der Waals surface area contributed by atoms with Crippen LogP contribution in [0.2, 0.25) is 0 Å². The van der Waals surface area contributed by atoms with Gasteiger partial charge in [-0.3, -0.25) is 4.79 Å². The van der Waals surface area contributed by atoms with Gasteiger partial charge in [-0.2, -0.15) is 0 Å².